The molecule has 0 saturated heterocycles. The maximum absolute atomic E-state index is 3.55. The minimum absolute atomic E-state index is 0.140. The predicted molar refractivity (Wildman–Crippen MR) is 94.1 cm³/mol. The Morgan fingerprint density at radius 2 is 1.68 bits per heavy atom. The van der Waals surface area contributed by atoms with Crippen LogP contribution in [0.1, 0.15) is 31.9 Å². The van der Waals surface area contributed by atoms with E-state index in [1.807, 2.05) is 0 Å². The van der Waals surface area contributed by atoms with Gasteiger partial charge in [0, 0.05) is 30.3 Å². The third-order valence-electron chi connectivity index (χ3n) is 3.86. The minimum Gasteiger partial charge on any atom is -0.343 e. The van der Waals surface area contributed by atoms with Crippen LogP contribution < -0.4 is 5.32 Å². The summed E-state index contributed by atoms with van der Waals surface area (Å²) >= 11 is 0. The van der Waals surface area contributed by atoms with Gasteiger partial charge in [-0.3, -0.25) is 0 Å². The molecule has 1 N–H and O–H groups in total. The van der Waals surface area contributed by atoms with Crippen LogP contribution in [0.15, 0.2) is 60.8 Å². The first kappa shape index (κ1) is 14.9. The van der Waals surface area contributed by atoms with Crippen molar-refractivity contribution in [2.45, 2.75) is 39.4 Å². The highest BCUT2D eigenvalue weighted by Crippen LogP contribution is 2.19. The molecule has 1 aromatic heterocycles. The first-order chi connectivity index (χ1) is 10.5. The molecule has 1 heterocycles. The topological polar surface area (TPSA) is 17.0 Å². The third-order valence-corrected chi connectivity index (χ3v) is 3.86. The Labute approximate surface area is 132 Å². The van der Waals surface area contributed by atoms with Gasteiger partial charge in [0.05, 0.1) is 0 Å². The highest BCUT2D eigenvalue weighted by atomic mass is 15.0. The lowest BCUT2D eigenvalue weighted by Gasteiger charge is -2.20. The molecule has 2 nitrogen and oxygen atoms in total. The second-order valence-electron chi connectivity index (χ2n) is 6.93. The fourth-order valence-corrected chi connectivity index (χ4v) is 2.62. The molecule has 0 aliphatic carbocycles. The monoisotopic (exact) mass is 292 g/mol. The van der Waals surface area contributed by atoms with Crippen molar-refractivity contribution in [3.8, 4) is 0 Å². The summed E-state index contributed by atoms with van der Waals surface area (Å²) in [6, 6.07) is 19.5. The summed E-state index contributed by atoms with van der Waals surface area (Å²) in [5.41, 5.74) is 4.10. The van der Waals surface area contributed by atoms with Gasteiger partial charge in [-0.2, -0.15) is 0 Å². The highest BCUT2D eigenvalue weighted by Gasteiger charge is 2.09. The zero-order chi connectivity index (χ0) is 15.6. The molecular formula is C20H24N2. The molecule has 114 valence electrons. The van der Waals surface area contributed by atoms with Crippen LogP contribution in [0.25, 0.3) is 10.9 Å². The molecule has 0 amide bonds. The maximum atomic E-state index is 3.55. The second kappa shape index (κ2) is 5.98. The average Bonchev–Trinajstić information content (AvgIpc) is 2.88. The van der Waals surface area contributed by atoms with Crippen LogP contribution >= 0.6 is 0 Å². The zero-order valence-corrected chi connectivity index (χ0v) is 13.6. The normalized spacial score (nSPS) is 12.0. The SMILES string of the molecule is CC(C)(C)NCc1ccc2ccn(Cc3ccccc3)c2c1. The van der Waals surface area contributed by atoms with Gasteiger partial charge in [-0.15, -0.1) is 0 Å². The van der Waals surface area contributed by atoms with Gasteiger partial charge in [-0.25, -0.2) is 0 Å². The van der Waals surface area contributed by atoms with Gasteiger partial charge in [0.25, 0.3) is 0 Å². The number of nitrogens with one attached hydrogen (secondary N) is 1. The quantitative estimate of drug-likeness (QED) is 0.745. The van der Waals surface area contributed by atoms with Crippen molar-refractivity contribution in [2.75, 3.05) is 0 Å². The molecule has 2 heteroatoms. The molecule has 3 aromatic rings. The summed E-state index contributed by atoms with van der Waals surface area (Å²) in [5, 5.41) is 4.86. The summed E-state index contributed by atoms with van der Waals surface area (Å²) in [6.07, 6.45) is 2.18. The van der Waals surface area contributed by atoms with E-state index in [0.29, 0.717) is 0 Å². The van der Waals surface area contributed by atoms with Gasteiger partial charge in [0.1, 0.15) is 0 Å². The lowest BCUT2D eigenvalue weighted by Crippen LogP contribution is -2.35. The summed E-state index contributed by atoms with van der Waals surface area (Å²) in [4.78, 5) is 0. The number of benzene rings is 2. The molecule has 3 rings (SSSR count). The van der Waals surface area contributed by atoms with Gasteiger partial charge in [-0.1, -0.05) is 42.5 Å². The molecule has 0 spiro atoms. The number of rotatable bonds is 4. The lowest BCUT2D eigenvalue weighted by atomic mass is 10.1. The van der Waals surface area contributed by atoms with Crippen molar-refractivity contribution in [1.82, 2.24) is 9.88 Å². The number of hydrogen-bond donors (Lipinski definition) is 1. The van der Waals surface area contributed by atoms with E-state index in [1.54, 1.807) is 0 Å². The van der Waals surface area contributed by atoms with E-state index in [4.69, 9.17) is 0 Å². The second-order valence-corrected chi connectivity index (χ2v) is 6.93. The van der Waals surface area contributed by atoms with Crippen molar-refractivity contribution in [3.63, 3.8) is 0 Å². The molecule has 0 atom stereocenters. The predicted octanol–water partition coefficient (Wildman–Crippen LogP) is 4.58. The van der Waals surface area contributed by atoms with E-state index in [2.05, 4.69) is 91.4 Å². The van der Waals surface area contributed by atoms with Gasteiger partial charge < -0.3 is 9.88 Å². The van der Waals surface area contributed by atoms with Crippen molar-refractivity contribution < 1.29 is 0 Å². The Morgan fingerprint density at radius 1 is 0.909 bits per heavy atom. The number of hydrogen-bond acceptors (Lipinski definition) is 1. The number of aromatic nitrogens is 1. The van der Waals surface area contributed by atoms with E-state index >= 15 is 0 Å². The van der Waals surface area contributed by atoms with Crippen LogP contribution in [-0.4, -0.2) is 10.1 Å². The molecule has 0 fully saturated rings. The largest absolute Gasteiger partial charge is 0.343 e. The van der Waals surface area contributed by atoms with E-state index < -0.39 is 0 Å². The van der Waals surface area contributed by atoms with Gasteiger partial charge >= 0.3 is 0 Å². The summed E-state index contributed by atoms with van der Waals surface area (Å²) in [6.45, 7) is 8.41. The summed E-state index contributed by atoms with van der Waals surface area (Å²) in [7, 11) is 0. The molecule has 0 bridgehead atoms. The molecule has 2 aromatic carbocycles. The van der Waals surface area contributed by atoms with Crippen LogP contribution in [0.2, 0.25) is 0 Å². The smallest absolute Gasteiger partial charge is 0.0486 e. The van der Waals surface area contributed by atoms with Crippen molar-refractivity contribution >= 4 is 10.9 Å². The Balaban J connectivity index is 1.85. The fourth-order valence-electron chi connectivity index (χ4n) is 2.62. The molecular weight excluding hydrogens is 268 g/mol. The van der Waals surface area contributed by atoms with Crippen LogP contribution in [0.3, 0.4) is 0 Å². The van der Waals surface area contributed by atoms with Gasteiger partial charge in [0.15, 0.2) is 0 Å². The molecule has 0 aliphatic heterocycles. The molecule has 0 radical (unpaired) electrons. The summed E-state index contributed by atoms with van der Waals surface area (Å²) in [5.74, 6) is 0. The van der Waals surface area contributed by atoms with Crippen LogP contribution in [0.4, 0.5) is 0 Å². The van der Waals surface area contributed by atoms with Crippen LogP contribution in [-0.2, 0) is 13.1 Å². The number of nitrogens with zero attached hydrogens (tertiary/aromatic N) is 1. The molecule has 0 saturated carbocycles. The van der Waals surface area contributed by atoms with Crippen LogP contribution in [0, 0.1) is 0 Å². The summed E-state index contributed by atoms with van der Waals surface area (Å²) < 4.78 is 2.32. The van der Waals surface area contributed by atoms with Crippen molar-refractivity contribution in [1.29, 1.82) is 0 Å². The molecule has 0 unspecified atom stereocenters. The van der Waals surface area contributed by atoms with E-state index in [1.165, 1.54) is 22.0 Å². The fraction of sp³-hybridized carbons (Fsp3) is 0.300. The van der Waals surface area contributed by atoms with E-state index in [-0.39, 0.29) is 5.54 Å². The molecule has 0 aliphatic rings. The average molecular weight is 292 g/mol. The van der Waals surface area contributed by atoms with Crippen molar-refractivity contribution in [3.05, 3.63) is 71.9 Å². The van der Waals surface area contributed by atoms with Gasteiger partial charge in [0.2, 0.25) is 0 Å². The highest BCUT2D eigenvalue weighted by molar-refractivity contribution is 5.81. The lowest BCUT2D eigenvalue weighted by molar-refractivity contribution is 0.424. The third kappa shape index (κ3) is 3.58. The van der Waals surface area contributed by atoms with E-state index in [9.17, 15) is 0 Å². The first-order valence-corrected chi connectivity index (χ1v) is 7.88. The Kier molecular flexibility index (Phi) is 4.04. The van der Waals surface area contributed by atoms with Crippen LogP contribution in [0.5, 0.6) is 0 Å². The zero-order valence-electron chi connectivity index (χ0n) is 13.6. The Hall–Kier alpha value is -2.06. The van der Waals surface area contributed by atoms with Crippen molar-refractivity contribution in [2.24, 2.45) is 0 Å². The maximum Gasteiger partial charge on any atom is 0.0486 e. The molecule has 22 heavy (non-hydrogen) atoms. The number of fused-ring (bicyclic) bond motifs is 1. The Bertz CT molecular complexity index is 748. The first-order valence-electron chi connectivity index (χ1n) is 7.88. The Morgan fingerprint density at radius 3 is 2.41 bits per heavy atom. The standard InChI is InChI=1S/C20H24N2/c1-20(2,3)21-14-17-9-10-18-11-12-22(19(18)13-17)15-16-7-5-4-6-8-16/h4-13,21H,14-15H2,1-3H3. The van der Waals surface area contributed by atoms with E-state index in [0.717, 1.165) is 13.1 Å². The van der Waals surface area contributed by atoms with Gasteiger partial charge in [-0.05, 0) is 49.4 Å². The minimum atomic E-state index is 0.140.